The molecule has 3 aromatic rings. The van der Waals surface area contributed by atoms with Gasteiger partial charge in [-0.1, -0.05) is 30.3 Å². The molecule has 5 nitrogen and oxygen atoms in total. The Bertz CT molecular complexity index is 794. The molecule has 0 bridgehead atoms. The molecule has 1 fully saturated rings. The maximum atomic E-state index is 4.43. The van der Waals surface area contributed by atoms with Crippen molar-refractivity contribution in [2.45, 2.75) is 26.2 Å². The molecular weight excluding hydrogens is 322 g/mol. The number of halogens is 1. The van der Waals surface area contributed by atoms with Crippen LogP contribution in [0, 0.1) is 12.8 Å². The van der Waals surface area contributed by atoms with Crippen LogP contribution in [0.4, 0.5) is 5.69 Å². The quantitative estimate of drug-likeness (QED) is 0.732. The number of piperidine rings is 1. The molecule has 126 valence electrons. The molecule has 0 aliphatic carbocycles. The summed E-state index contributed by atoms with van der Waals surface area (Å²) in [6, 6.07) is 12.9. The van der Waals surface area contributed by atoms with Crippen molar-refractivity contribution in [1.29, 1.82) is 0 Å². The van der Waals surface area contributed by atoms with Crippen LogP contribution in [0.2, 0.25) is 0 Å². The van der Waals surface area contributed by atoms with Gasteiger partial charge in [-0.15, -0.1) is 22.6 Å². The Labute approximate surface area is 148 Å². The highest BCUT2D eigenvalue weighted by atomic mass is 35.5. The van der Waals surface area contributed by atoms with E-state index in [1.807, 2.05) is 6.92 Å². The van der Waals surface area contributed by atoms with E-state index in [0.717, 1.165) is 36.0 Å². The fourth-order valence-electron chi connectivity index (χ4n) is 3.49. The van der Waals surface area contributed by atoms with Crippen LogP contribution in [0.25, 0.3) is 5.65 Å². The number of rotatable bonds is 3. The van der Waals surface area contributed by atoms with Crippen molar-refractivity contribution in [3.63, 3.8) is 0 Å². The molecule has 1 aromatic carbocycles. The lowest BCUT2D eigenvalue weighted by Gasteiger charge is -2.33. The van der Waals surface area contributed by atoms with Crippen molar-refractivity contribution in [2.24, 2.45) is 5.92 Å². The van der Waals surface area contributed by atoms with Gasteiger partial charge in [0.25, 0.3) is 0 Å². The molecule has 24 heavy (non-hydrogen) atoms. The second kappa shape index (κ2) is 7.18. The molecule has 0 unspecified atom stereocenters. The topological polar surface area (TPSA) is 46.3 Å². The van der Waals surface area contributed by atoms with Gasteiger partial charge >= 0.3 is 0 Å². The molecule has 2 aromatic heterocycles. The van der Waals surface area contributed by atoms with Crippen LogP contribution in [0.5, 0.6) is 0 Å². The summed E-state index contributed by atoms with van der Waals surface area (Å²) in [5.41, 5.74) is 4.47. The first kappa shape index (κ1) is 16.7. The Kier molecular flexibility index (Phi) is 5.00. The number of anilines is 1. The first-order valence-electron chi connectivity index (χ1n) is 8.26. The molecule has 0 radical (unpaired) electrons. The Balaban J connectivity index is 0.00000169. The van der Waals surface area contributed by atoms with Crippen molar-refractivity contribution in [3.8, 4) is 0 Å². The average Bonchev–Trinajstić information content (AvgIpc) is 3.04. The van der Waals surface area contributed by atoms with Crippen LogP contribution in [-0.2, 0) is 6.42 Å². The summed E-state index contributed by atoms with van der Waals surface area (Å²) in [7, 11) is 0. The van der Waals surface area contributed by atoms with Gasteiger partial charge in [0.1, 0.15) is 6.33 Å². The number of nitrogens with zero attached hydrogens (tertiary/aromatic N) is 5. The fourth-order valence-corrected chi connectivity index (χ4v) is 3.49. The van der Waals surface area contributed by atoms with Crippen molar-refractivity contribution < 1.29 is 0 Å². The van der Waals surface area contributed by atoms with Gasteiger partial charge in [-0.25, -0.2) is 0 Å². The molecule has 0 spiro atoms. The summed E-state index contributed by atoms with van der Waals surface area (Å²) in [6.07, 6.45) is 5.30. The highest BCUT2D eigenvalue weighted by Crippen LogP contribution is 2.28. The van der Waals surface area contributed by atoms with Gasteiger partial charge in [0.05, 0.1) is 11.4 Å². The van der Waals surface area contributed by atoms with E-state index in [1.54, 1.807) is 10.8 Å². The van der Waals surface area contributed by atoms with Gasteiger partial charge in [-0.2, -0.15) is 9.61 Å². The number of hydrogen-bond donors (Lipinski definition) is 0. The molecular formula is C18H22ClN5. The highest BCUT2D eigenvalue weighted by Gasteiger charge is 2.22. The lowest BCUT2D eigenvalue weighted by atomic mass is 9.90. The molecule has 1 saturated heterocycles. The zero-order valence-electron chi connectivity index (χ0n) is 13.8. The lowest BCUT2D eigenvalue weighted by Crippen LogP contribution is -2.34. The number of aromatic nitrogens is 4. The van der Waals surface area contributed by atoms with Gasteiger partial charge in [-0.05, 0) is 43.7 Å². The zero-order valence-corrected chi connectivity index (χ0v) is 14.6. The molecule has 0 amide bonds. The van der Waals surface area contributed by atoms with Crippen LogP contribution in [0.3, 0.4) is 0 Å². The van der Waals surface area contributed by atoms with Crippen LogP contribution < -0.4 is 4.90 Å². The van der Waals surface area contributed by atoms with Gasteiger partial charge in [0, 0.05) is 13.1 Å². The molecule has 3 heterocycles. The van der Waals surface area contributed by atoms with E-state index in [2.05, 4.69) is 56.6 Å². The van der Waals surface area contributed by atoms with E-state index in [0.29, 0.717) is 0 Å². The Morgan fingerprint density at radius 2 is 1.88 bits per heavy atom. The molecule has 0 N–H and O–H groups in total. The largest absolute Gasteiger partial charge is 0.368 e. The monoisotopic (exact) mass is 343 g/mol. The molecule has 0 atom stereocenters. The normalized spacial score (nSPS) is 15.5. The van der Waals surface area contributed by atoms with E-state index >= 15 is 0 Å². The predicted octanol–water partition coefficient (Wildman–Crippen LogP) is 3.31. The van der Waals surface area contributed by atoms with E-state index in [-0.39, 0.29) is 12.4 Å². The first-order valence-corrected chi connectivity index (χ1v) is 8.26. The van der Waals surface area contributed by atoms with Crippen LogP contribution in [-0.4, -0.2) is 32.9 Å². The predicted molar refractivity (Wildman–Crippen MR) is 97.9 cm³/mol. The van der Waals surface area contributed by atoms with Crippen molar-refractivity contribution >= 4 is 23.7 Å². The van der Waals surface area contributed by atoms with Gasteiger partial charge in [0.15, 0.2) is 0 Å². The van der Waals surface area contributed by atoms with Gasteiger partial charge < -0.3 is 4.90 Å². The Morgan fingerprint density at radius 1 is 1.12 bits per heavy atom. The minimum atomic E-state index is 0. The maximum Gasteiger partial charge on any atom is 0.200 e. The molecule has 1 aliphatic rings. The number of fused-ring (bicyclic) bond motifs is 1. The average molecular weight is 344 g/mol. The van der Waals surface area contributed by atoms with E-state index in [1.165, 1.54) is 24.8 Å². The number of hydrogen-bond acceptors (Lipinski definition) is 4. The van der Waals surface area contributed by atoms with Crippen LogP contribution >= 0.6 is 12.4 Å². The third-order valence-corrected chi connectivity index (χ3v) is 4.69. The van der Waals surface area contributed by atoms with E-state index in [4.69, 9.17) is 0 Å². The van der Waals surface area contributed by atoms with Gasteiger partial charge in [-0.3, -0.25) is 0 Å². The lowest BCUT2D eigenvalue weighted by molar-refractivity contribution is 0.404. The molecule has 1 aliphatic heterocycles. The fraction of sp³-hybridized carbons (Fsp3) is 0.389. The number of benzene rings is 1. The van der Waals surface area contributed by atoms with Gasteiger partial charge in [0.2, 0.25) is 5.65 Å². The summed E-state index contributed by atoms with van der Waals surface area (Å²) < 4.78 is 1.78. The Hall–Kier alpha value is -2.14. The SMILES string of the molecule is Cc1cc(N2CCC(Cc3ccccc3)CC2)c2nncn2n1.Cl. The Morgan fingerprint density at radius 3 is 2.62 bits per heavy atom. The summed E-state index contributed by atoms with van der Waals surface area (Å²) in [4.78, 5) is 2.43. The molecule has 4 rings (SSSR count). The zero-order chi connectivity index (χ0) is 15.6. The highest BCUT2D eigenvalue weighted by molar-refractivity contribution is 5.85. The third kappa shape index (κ3) is 3.36. The van der Waals surface area contributed by atoms with Crippen LogP contribution in [0.1, 0.15) is 24.1 Å². The van der Waals surface area contributed by atoms with Crippen molar-refractivity contribution in [1.82, 2.24) is 19.8 Å². The summed E-state index contributed by atoms with van der Waals surface area (Å²) >= 11 is 0. The number of aryl methyl sites for hydroxylation is 1. The first-order chi connectivity index (χ1) is 11.3. The third-order valence-electron chi connectivity index (χ3n) is 4.69. The van der Waals surface area contributed by atoms with Crippen molar-refractivity contribution in [2.75, 3.05) is 18.0 Å². The summed E-state index contributed by atoms with van der Waals surface area (Å²) in [5, 5.41) is 12.6. The minimum Gasteiger partial charge on any atom is -0.368 e. The van der Waals surface area contributed by atoms with Crippen molar-refractivity contribution in [3.05, 3.63) is 54.0 Å². The summed E-state index contributed by atoms with van der Waals surface area (Å²) in [5.74, 6) is 0.769. The summed E-state index contributed by atoms with van der Waals surface area (Å²) in [6.45, 7) is 4.16. The second-order valence-electron chi connectivity index (χ2n) is 6.39. The maximum absolute atomic E-state index is 4.43. The standard InChI is InChI=1S/C18H21N5.ClH/c1-14-11-17(18-20-19-13-23(18)21-14)22-9-7-16(8-10-22)12-15-5-3-2-4-6-15;/h2-6,11,13,16H,7-10,12H2,1H3;1H. The smallest absolute Gasteiger partial charge is 0.200 e. The molecule has 0 saturated carbocycles. The second-order valence-corrected chi connectivity index (χ2v) is 6.39. The minimum absolute atomic E-state index is 0. The van der Waals surface area contributed by atoms with Crippen LogP contribution in [0.15, 0.2) is 42.7 Å². The van der Waals surface area contributed by atoms with E-state index in [9.17, 15) is 0 Å². The van der Waals surface area contributed by atoms with E-state index < -0.39 is 0 Å². The molecule has 6 heteroatoms.